The highest BCUT2D eigenvalue weighted by Crippen LogP contribution is 2.49. The largest absolute Gasteiger partial charge is 0.282 e. The Morgan fingerprint density at radius 3 is 2.04 bits per heavy atom. The second-order valence-corrected chi connectivity index (χ2v) is 9.54. The van der Waals surface area contributed by atoms with E-state index in [9.17, 15) is 21.6 Å². The average molecular weight is 373 g/mol. The monoisotopic (exact) mass is 373 g/mol. The number of nitrogens with zero attached hydrogens (tertiary/aromatic N) is 1. The van der Waals surface area contributed by atoms with Gasteiger partial charge in [0.15, 0.2) is 0 Å². The topological polar surface area (TPSA) is 37.4 Å². The van der Waals surface area contributed by atoms with Crippen LogP contribution in [0.3, 0.4) is 0 Å². The summed E-state index contributed by atoms with van der Waals surface area (Å²) in [5.41, 5.74) is -3.81. The number of alkyl halides is 4. The van der Waals surface area contributed by atoms with Gasteiger partial charge in [-0.2, -0.15) is 4.31 Å². The summed E-state index contributed by atoms with van der Waals surface area (Å²) in [5, 5.41) is -3.65. The van der Waals surface area contributed by atoms with Gasteiger partial charge in [-0.25, -0.2) is 26.0 Å². The van der Waals surface area contributed by atoms with E-state index in [0.29, 0.717) is 19.3 Å². The number of hydrogen-bond donors (Lipinski definition) is 0. The lowest BCUT2D eigenvalue weighted by Crippen LogP contribution is -2.64. The Morgan fingerprint density at radius 2 is 1.54 bits per heavy atom. The average Bonchev–Trinajstić information content (AvgIpc) is 2.52. The van der Waals surface area contributed by atoms with Crippen molar-refractivity contribution in [2.75, 3.05) is 13.1 Å². The number of sulfonamides is 1. The summed E-state index contributed by atoms with van der Waals surface area (Å²) in [5.74, 6) is -3.62. The molecule has 0 aromatic rings. The molecule has 24 heavy (non-hydrogen) atoms. The maximum atomic E-state index is 15.3. The SMILES string of the molecule is CCC(F)(C(C)(F)C(C)(F)F)S(=O)(=O)N1CCC2CCCCC2C1. The molecule has 0 amide bonds. The van der Waals surface area contributed by atoms with Crippen LogP contribution < -0.4 is 0 Å². The summed E-state index contributed by atoms with van der Waals surface area (Å²) in [7, 11) is -4.85. The van der Waals surface area contributed by atoms with Crippen LogP contribution in [0.1, 0.15) is 59.3 Å². The molecule has 1 saturated carbocycles. The Balaban J connectivity index is 2.33. The molecule has 0 spiro atoms. The van der Waals surface area contributed by atoms with E-state index < -0.39 is 33.0 Å². The van der Waals surface area contributed by atoms with Crippen LogP contribution >= 0.6 is 0 Å². The number of rotatable bonds is 5. The molecular formula is C16H27F4NO2S. The Morgan fingerprint density at radius 1 is 1.00 bits per heavy atom. The standard InChI is InChI=1S/C16H27F4NO2S/c1-4-16(20,14(2,17)15(3,18)19)24(22,23)21-10-9-12-7-5-6-8-13(12)11-21/h12-13H,4-11H2,1-3H3. The molecule has 8 heteroatoms. The molecule has 1 heterocycles. The summed E-state index contributed by atoms with van der Waals surface area (Å²) in [4.78, 5) is 0. The van der Waals surface area contributed by atoms with Crippen molar-refractivity contribution in [3.63, 3.8) is 0 Å². The number of hydrogen-bond acceptors (Lipinski definition) is 2. The van der Waals surface area contributed by atoms with Gasteiger partial charge in [0.25, 0.3) is 20.9 Å². The fourth-order valence-electron chi connectivity index (χ4n) is 4.07. The molecule has 0 N–H and O–H groups in total. The van der Waals surface area contributed by atoms with E-state index in [4.69, 9.17) is 0 Å². The molecule has 1 aliphatic carbocycles. The summed E-state index contributed by atoms with van der Waals surface area (Å²) in [6.07, 6.45) is 3.66. The smallest absolute Gasteiger partial charge is 0.233 e. The molecule has 2 rings (SSSR count). The van der Waals surface area contributed by atoms with Crippen LogP contribution in [0.2, 0.25) is 0 Å². The van der Waals surface area contributed by atoms with Gasteiger partial charge in [-0.3, -0.25) is 0 Å². The maximum absolute atomic E-state index is 15.3. The van der Waals surface area contributed by atoms with Gasteiger partial charge in [0.1, 0.15) is 0 Å². The minimum absolute atomic E-state index is 0.0700. The first-order valence-electron chi connectivity index (χ1n) is 8.64. The molecular weight excluding hydrogens is 346 g/mol. The predicted octanol–water partition coefficient (Wildman–Crippen LogP) is 4.29. The van der Waals surface area contributed by atoms with Crippen molar-refractivity contribution < 1.29 is 26.0 Å². The van der Waals surface area contributed by atoms with Crippen LogP contribution in [0.15, 0.2) is 0 Å². The first-order chi connectivity index (χ1) is 10.9. The van der Waals surface area contributed by atoms with E-state index in [2.05, 4.69) is 0 Å². The second-order valence-electron chi connectivity index (χ2n) is 7.43. The highest BCUT2D eigenvalue weighted by atomic mass is 32.2. The minimum Gasteiger partial charge on any atom is -0.233 e. The van der Waals surface area contributed by atoms with E-state index in [1.807, 2.05) is 0 Å². The summed E-state index contributed by atoms with van der Waals surface area (Å²) < 4.78 is 83.8. The normalized spacial score (nSPS) is 31.8. The van der Waals surface area contributed by atoms with Gasteiger partial charge >= 0.3 is 0 Å². The van der Waals surface area contributed by atoms with E-state index in [1.54, 1.807) is 0 Å². The molecule has 4 atom stereocenters. The lowest BCUT2D eigenvalue weighted by Gasteiger charge is -2.45. The third-order valence-electron chi connectivity index (χ3n) is 5.98. The van der Waals surface area contributed by atoms with Crippen LogP contribution in [-0.4, -0.2) is 42.4 Å². The lowest BCUT2D eigenvalue weighted by molar-refractivity contribution is -0.161. The molecule has 1 aliphatic heterocycles. The molecule has 4 unspecified atom stereocenters. The van der Waals surface area contributed by atoms with Crippen molar-refractivity contribution in [1.82, 2.24) is 4.31 Å². The first kappa shape index (κ1) is 19.9. The molecule has 0 aromatic carbocycles. The summed E-state index contributed by atoms with van der Waals surface area (Å²) in [6.45, 7) is 1.83. The highest BCUT2D eigenvalue weighted by molar-refractivity contribution is 7.90. The zero-order chi connectivity index (χ0) is 18.4. The van der Waals surface area contributed by atoms with Gasteiger partial charge < -0.3 is 0 Å². The maximum Gasteiger partial charge on any atom is 0.282 e. The quantitative estimate of drug-likeness (QED) is 0.674. The number of halogens is 4. The lowest BCUT2D eigenvalue weighted by atomic mass is 9.76. The van der Waals surface area contributed by atoms with Gasteiger partial charge in [0.2, 0.25) is 5.67 Å². The second kappa shape index (κ2) is 6.41. The minimum atomic E-state index is -4.85. The van der Waals surface area contributed by atoms with Crippen molar-refractivity contribution in [3.05, 3.63) is 0 Å². The van der Waals surface area contributed by atoms with Crippen molar-refractivity contribution in [2.24, 2.45) is 11.8 Å². The Hall–Kier alpha value is -0.370. The van der Waals surface area contributed by atoms with E-state index >= 15 is 4.39 Å². The van der Waals surface area contributed by atoms with Gasteiger partial charge in [-0.1, -0.05) is 26.2 Å². The molecule has 1 saturated heterocycles. The fourth-order valence-corrected chi connectivity index (χ4v) is 6.25. The molecule has 2 aliphatic rings. The highest BCUT2D eigenvalue weighted by Gasteiger charge is 2.69. The van der Waals surface area contributed by atoms with E-state index in [0.717, 1.165) is 36.9 Å². The van der Waals surface area contributed by atoms with Crippen LogP contribution in [0.5, 0.6) is 0 Å². The van der Waals surface area contributed by atoms with Crippen LogP contribution in [-0.2, 0) is 10.0 Å². The molecule has 2 fully saturated rings. The van der Waals surface area contributed by atoms with Crippen LogP contribution in [0.4, 0.5) is 17.6 Å². The van der Waals surface area contributed by atoms with Gasteiger partial charge in [0.05, 0.1) is 0 Å². The Labute approximate surface area is 141 Å². The Kier molecular flexibility index (Phi) is 5.33. The van der Waals surface area contributed by atoms with Crippen LogP contribution in [0.25, 0.3) is 0 Å². The van der Waals surface area contributed by atoms with Crippen LogP contribution in [0, 0.1) is 11.8 Å². The summed E-state index contributed by atoms with van der Waals surface area (Å²) in [6, 6.07) is 0. The van der Waals surface area contributed by atoms with Gasteiger partial charge in [-0.15, -0.1) is 0 Å². The third kappa shape index (κ3) is 2.97. The molecule has 0 bridgehead atoms. The van der Waals surface area contributed by atoms with Crippen molar-refractivity contribution >= 4 is 10.0 Å². The zero-order valence-electron chi connectivity index (χ0n) is 14.5. The fraction of sp³-hybridized carbons (Fsp3) is 1.00. The number of fused-ring (bicyclic) bond motifs is 1. The Bertz CT molecular complexity index is 561. The van der Waals surface area contributed by atoms with Crippen molar-refractivity contribution in [1.29, 1.82) is 0 Å². The van der Waals surface area contributed by atoms with Crippen molar-refractivity contribution in [2.45, 2.75) is 75.9 Å². The molecule has 0 aromatic heterocycles. The predicted molar refractivity (Wildman–Crippen MR) is 84.8 cm³/mol. The van der Waals surface area contributed by atoms with Gasteiger partial charge in [0, 0.05) is 20.0 Å². The van der Waals surface area contributed by atoms with Gasteiger partial charge in [-0.05, 0) is 38.0 Å². The zero-order valence-corrected chi connectivity index (χ0v) is 15.3. The summed E-state index contributed by atoms with van der Waals surface area (Å²) >= 11 is 0. The van der Waals surface area contributed by atoms with E-state index in [1.165, 1.54) is 0 Å². The van der Waals surface area contributed by atoms with E-state index in [-0.39, 0.29) is 25.9 Å². The molecule has 3 nitrogen and oxygen atoms in total. The molecule has 0 radical (unpaired) electrons. The first-order valence-corrected chi connectivity index (χ1v) is 10.1. The molecule has 142 valence electrons. The van der Waals surface area contributed by atoms with Crippen molar-refractivity contribution in [3.8, 4) is 0 Å². The third-order valence-corrected chi connectivity index (χ3v) is 8.48. The number of piperidine rings is 1.